The number of halogens is 1. The molecule has 0 fully saturated rings. The summed E-state index contributed by atoms with van der Waals surface area (Å²) in [6.45, 7) is 0.141. The van der Waals surface area contributed by atoms with Crippen LogP contribution in [0.3, 0.4) is 0 Å². The third-order valence-electron chi connectivity index (χ3n) is 7.04. The molecule has 2 amide bonds. The van der Waals surface area contributed by atoms with Crippen LogP contribution < -0.4 is 20.1 Å². The monoisotopic (exact) mass is 697 g/mol. The highest BCUT2D eigenvalue weighted by Gasteiger charge is 2.20. The molecule has 0 radical (unpaired) electrons. The SMILES string of the molecule is O=C(Nc1cc(OCCCCOc2cc(NC(=O)c3ccc4nnnn4n3)c(C(=O)O)cc2F)ccc1C(=O)O)c1ccc(-n2ccnc2)nn1. The number of nitrogens with zero attached hydrogens (tertiary/aromatic N) is 9. The smallest absolute Gasteiger partial charge is 0.337 e. The van der Waals surface area contributed by atoms with E-state index in [1.54, 1.807) is 23.0 Å². The summed E-state index contributed by atoms with van der Waals surface area (Å²) in [7, 11) is 0. The van der Waals surface area contributed by atoms with E-state index in [4.69, 9.17) is 9.47 Å². The molecule has 20 heteroatoms. The quantitative estimate of drug-likeness (QED) is 0.119. The van der Waals surface area contributed by atoms with E-state index in [2.05, 4.69) is 46.4 Å². The van der Waals surface area contributed by atoms with Crippen molar-refractivity contribution in [3.05, 3.63) is 102 Å². The number of ether oxygens (including phenoxy) is 2. The van der Waals surface area contributed by atoms with Gasteiger partial charge in [-0.15, -0.1) is 25.0 Å². The van der Waals surface area contributed by atoms with Gasteiger partial charge in [-0.1, -0.05) is 0 Å². The van der Waals surface area contributed by atoms with Gasteiger partial charge in [-0.05, 0) is 65.7 Å². The number of aromatic carboxylic acids is 2. The van der Waals surface area contributed by atoms with Crippen LogP contribution in [0.4, 0.5) is 15.8 Å². The minimum atomic E-state index is -1.48. The number of fused-ring (bicyclic) bond motifs is 1. The van der Waals surface area contributed by atoms with Crippen molar-refractivity contribution in [3.8, 4) is 17.3 Å². The standard InChI is InChI=1S/C31H24FN11O8/c32-20-14-19(31(48)49)24(35-29(45)22-6-8-27-38-40-41-43(27)39-22)15-25(20)51-12-2-1-11-50-17-3-4-18(30(46)47)23(13-17)34-28(44)21-5-7-26(37-36-21)42-10-9-33-16-42/h3-10,13-16H,1-2,11-12H2,(H,34,44)(H,35,45)(H,46,47)(H,48,49). The van der Waals surface area contributed by atoms with Crippen molar-refractivity contribution in [2.75, 3.05) is 23.8 Å². The van der Waals surface area contributed by atoms with Gasteiger partial charge < -0.3 is 30.3 Å². The predicted octanol–water partition coefficient (Wildman–Crippen LogP) is 2.77. The van der Waals surface area contributed by atoms with Crippen molar-refractivity contribution in [3.63, 3.8) is 0 Å². The number of anilines is 2. The van der Waals surface area contributed by atoms with Gasteiger partial charge in [0.2, 0.25) is 0 Å². The minimum absolute atomic E-state index is 0.00244. The van der Waals surface area contributed by atoms with E-state index in [1.165, 1.54) is 42.7 Å². The van der Waals surface area contributed by atoms with Crippen molar-refractivity contribution < 1.29 is 43.3 Å². The molecule has 51 heavy (non-hydrogen) atoms. The lowest BCUT2D eigenvalue weighted by Gasteiger charge is -2.13. The summed E-state index contributed by atoms with van der Waals surface area (Å²) in [5.41, 5.74) is -0.831. The Labute approximate surface area is 284 Å². The fourth-order valence-electron chi connectivity index (χ4n) is 4.55. The number of carboxylic acid groups (broad SMARTS) is 2. The summed E-state index contributed by atoms with van der Waals surface area (Å²) in [5, 5.41) is 46.7. The lowest BCUT2D eigenvalue weighted by molar-refractivity contribution is 0.0686. The summed E-state index contributed by atoms with van der Waals surface area (Å²) in [6.07, 6.45) is 5.50. The van der Waals surface area contributed by atoms with E-state index in [0.29, 0.717) is 18.7 Å². The second-order valence-corrected chi connectivity index (χ2v) is 10.5. The summed E-state index contributed by atoms with van der Waals surface area (Å²) >= 11 is 0. The normalized spacial score (nSPS) is 10.8. The van der Waals surface area contributed by atoms with Gasteiger partial charge in [0.1, 0.15) is 12.1 Å². The van der Waals surface area contributed by atoms with Crippen LogP contribution in [-0.4, -0.2) is 92.2 Å². The molecule has 258 valence electrons. The van der Waals surface area contributed by atoms with Crippen LogP contribution in [0, 0.1) is 5.82 Å². The minimum Gasteiger partial charge on any atom is -0.494 e. The van der Waals surface area contributed by atoms with Crippen molar-refractivity contribution >= 4 is 40.8 Å². The number of aromatic nitrogens is 9. The van der Waals surface area contributed by atoms with Gasteiger partial charge in [0.25, 0.3) is 11.8 Å². The first kappa shape index (κ1) is 33.5. The zero-order valence-corrected chi connectivity index (χ0v) is 26.0. The lowest BCUT2D eigenvalue weighted by Crippen LogP contribution is -2.18. The van der Waals surface area contributed by atoms with E-state index < -0.39 is 35.1 Å². The molecule has 6 aromatic rings. The van der Waals surface area contributed by atoms with E-state index in [1.807, 2.05) is 0 Å². The number of carbonyl (C=O) groups excluding carboxylic acids is 2. The average molecular weight is 698 g/mol. The molecule has 0 saturated carbocycles. The highest BCUT2D eigenvalue weighted by molar-refractivity contribution is 6.07. The molecule has 0 aliphatic carbocycles. The predicted molar refractivity (Wildman–Crippen MR) is 171 cm³/mol. The van der Waals surface area contributed by atoms with Crippen LogP contribution in [0.2, 0.25) is 0 Å². The number of unbranched alkanes of at least 4 members (excludes halogenated alkanes) is 1. The maximum atomic E-state index is 14.7. The highest BCUT2D eigenvalue weighted by Crippen LogP contribution is 2.28. The lowest BCUT2D eigenvalue weighted by atomic mass is 10.1. The Hall–Kier alpha value is -7.38. The van der Waals surface area contributed by atoms with Crippen LogP contribution >= 0.6 is 0 Å². The number of hydrogen-bond donors (Lipinski definition) is 4. The highest BCUT2D eigenvalue weighted by atomic mass is 19.1. The van der Waals surface area contributed by atoms with Crippen LogP contribution in [0.15, 0.2) is 73.3 Å². The number of tetrazole rings is 1. The number of imidazole rings is 1. The molecule has 0 unspecified atom stereocenters. The number of rotatable bonds is 14. The summed E-state index contributed by atoms with van der Waals surface area (Å²) < 4.78 is 28.6. The van der Waals surface area contributed by atoms with Crippen molar-refractivity contribution in [2.24, 2.45) is 0 Å². The summed E-state index contributed by atoms with van der Waals surface area (Å²) in [6, 6.07) is 11.6. The molecule has 4 aromatic heterocycles. The summed E-state index contributed by atoms with van der Waals surface area (Å²) in [4.78, 5) is 53.1. The first-order chi connectivity index (χ1) is 24.7. The Morgan fingerprint density at radius 1 is 0.784 bits per heavy atom. The Morgan fingerprint density at radius 2 is 1.51 bits per heavy atom. The molecule has 0 bridgehead atoms. The van der Waals surface area contributed by atoms with E-state index >= 15 is 0 Å². The molecule has 4 heterocycles. The van der Waals surface area contributed by atoms with Crippen molar-refractivity contribution in [1.29, 1.82) is 0 Å². The van der Waals surface area contributed by atoms with E-state index in [9.17, 15) is 33.8 Å². The maximum absolute atomic E-state index is 14.7. The molecule has 2 aromatic carbocycles. The van der Waals surface area contributed by atoms with E-state index in [-0.39, 0.29) is 58.7 Å². The van der Waals surface area contributed by atoms with E-state index in [0.717, 1.165) is 16.8 Å². The first-order valence-corrected chi connectivity index (χ1v) is 14.9. The van der Waals surface area contributed by atoms with Gasteiger partial charge in [-0.3, -0.25) is 14.2 Å². The Kier molecular flexibility index (Phi) is 9.73. The molecular formula is C31H24FN11O8. The van der Waals surface area contributed by atoms with Gasteiger partial charge in [0, 0.05) is 24.5 Å². The second kappa shape index (κ2) is 14.8. The van der Waals surface area contributed by atoms with Gasteiger partial charge in [0.15, 0.2) is 34.4 Å². The summed E-state index contributed by atoms with van der Waals surface area (Å²) in [5.74, 6) is -4.80. The fourth-order valence-corrected chi connectivity index (χ4v) is 4.55. The maximum Gasteiger partial charge on any atom is 0.337 e. The van der Waals surface area contributed by atoms with Gasteiger partial charge in [-0.2, -0.15) is 0 Å². The largest absolute Gasteiger partial charge is 0.494 e. The zero-order chi connectivity index (χ0) is 35.9. The molecule has 0 atom stereocenters. The molecule has 0 spiro atoms. The zero-order valence-electron chi connectivity index (χ0n) is 26.0. The van der Waals surface area contributed by atoms with Gasteiger partial charge >= 0.3 is 11.9 Å². The topological polar surface area (TPSA) is 251 Å². The molecule has 0 aliphatic rings. The number of nitrogens with one attached hydrogen (secondary N) is 2. The number of hydrogen-bond acceptors (Lipinski definition) is 13. The second-order valence-electron chi connectivity index (χ2n) is 10.5. The third kappa shape index (κ3) is 7.85. The molecule has 6 rings (SSSR count). The van der Waals surface area contributed by atoms with Crippen LogP contribution in [0.25, 0.3) is 11.5 Å². The van der Waals surface area contributed by atoms with Crippen molar-refractivity contribution in [1.82, 2.24) is 45.0 Å². The average Bonchev–Trinajstić information content (AvgIpc) is 3.83. The number of carboxylic acids is 2. The van der Waals surface area contributed by atoms with Crippen LogP contribution in [0.1, 0.15) is 54.5 Å². The molecule has 0 aliphatic heterocycles. The van der Waals surface area contributed by atoms with Gasteiger partial charge in [-0.25, -0.2) is 19.0 Å². The van der Waals surface area contributed by atoms with Crippen LogP contribution in [0.5, 0.6) is 11.5 Å². The fraction of sp³-hybridized carbons (Fsp3) is 0.129. The Balaban J connectivity index is 1.03. The molecule has 19 nitrogen and oxygen atoms in total. The molecular weight excluding hydrogens is 673 g/mol. The first-order valence-electron chi connectivity index (χ1n) is 14.9. The number of amides is 2. The number of carbonyl (C=O) groups is 4. The Morgan fingerprint density at radius 3 is 2.22 bits per heavy atom. The third-order valence-corrected chi connectivity index (χ3v) is 7.04. The molecule has 4 N–H and O–H groups in total. The Bertz CT molecular complexity index is 2240. The van der Waals surface area contributed by atoms with Gasteiger partial charge in [0.05, 0.1) is 35.7 Å². The molecule has 0 saturated heterocycles. The van der Waals surface area contributed by atoms with Crippen molar-refractivity contribution in [2.45, 2.75) is 12.8 Å². The van der Waals surface area contributed by atoms with Crippen LogP contribution in [-0.2, 0) is 0 Å². The number of benzene rings is 2.